The van der Waals surface area contributed by atoms with E-state index in [1.165, 1.54) is 12.1 Å². The van der Waals surface area contributed by atoms with E-state index in [2.05, 4.69) is 11.6 Å². The Hall–Kier alpha value is -0.930. The average molecular weight is 251 g/mol. The van der Waals surface area contributed by atoms with E-state index >= 15 is 0 Å². The summed E-state index contributed by atoms with van der Waals surface area (Å²) in [5.41, 5.74) is 0.275. The van der Waals surface area contributed by atoms with Crippen LogP contribution in [0.5, 0.6) is 0 Å². The molecule has 0 bridgehead atoms. The van der Waals surface area contributed by atoms with Crippen molar-refractivity contribution in [1.82, 2.24) is 0 Å². The highest BCUT2D eigenvalue weighted by Crippen LogP contribution is 2.31. The summed E-state index contributed by atoms with van der Waals surface area (Å²) in [4.78, 5) is 11.3. The van der Waals surface area contributed by atoms with Gasteiger partial charge in [0.25, 0.3) is 0 Å². The highest BCUT2D eigenvalue weighted by Gasteiger charge is 2.30. The minimum atomic E-state index is -3.70. The average Bonchev–Trinajstić information content (AvgIpc) is 2.17. The van der Waals surface area contributed by atoms with Gasteiger partial charge in [0.1, 0.15) is 5.03 Å². The van der Waals surface area contributed by atoms with Crippen LogP contribution in [0.1, 0.15) is 10.4 Å². The molecule has 0 heterocycles. The molecule has 0 radical (unpaired) electrons. The van der Waals surface area contributed by atoms with E-state index in [0.717, 1.165) is 0 Å². The van der Waals surface area contributed by atoms with E-state index in [9.17, 15) is 13.6 Å². The summed E-state index contributed by atoms with van der Waals surface area (Å²) < 4.78 is 24.8. The number of rotatable bonds is 3. The van der Waals surface area contributed by atoms with Crippen molar-refractivity contribution < 1.29 is 13.6 Å². The Morgan fingerprint density at radius 1 is 1.27 bits per heavy atom. The maximum absolute atomic E-state index is 12.4. The molecule has 0 fully saturated rings. The summed E-state index contributed by atoms with van der Waals surface area (Å²) in [6.07, 6.45) is 0.615. The largest absolute Gasteiger partial charge is 0.358 e. The van der Waals surface area contributed by atoms with Gasteiger partial charge < -0.3 is 0 Å². The Morgan fingerprint density at radius 3 is 2.27 bits per heavy atom. The molecule has 0 amide bonds. The Balaban J connectivity index is 2.90. The van der Waals surface area contributed by atoms with Gasteiger partial charge in [-0.1, -0.05) is 41.9 Å². The van der Waals surface area contributed by atoms with Crippen molar-refractivity contribution in [3.63, 3.8) is 0 Å². The number of hydrogen-bond donors (Lipinski definition) is 0. The fourth-order valence-electron chi connectivity index (χ4n) is 0.883. The van der Waals surface area contributed by atoms with Crippen molar-refractivity contribution >= 4 is 29.0 Å². The van der Waals surface area contributed by atoms with Crippen molar-refractivity contribution in [3.05, 3.63) is 47.0 Å². The van der Waals surface area contributed by atoms with Gasteiger partial charge in [-0.05, 0) is 11.6 Å². The predicted molar refractivity (Wildman–Crippen MR) is 55.5 cm³/mol. The van der Waals surface area contributed by atoms with Crippen LogP contribution in [0.2, 0.25) is 0 Å². The van der Waals surface area contributed by atoms with Gasteiger partial charge in [0.2, 0.25) is 0 Å². The standard InChI is InChI=1S/C10H6Cl2F2O/c11-9(10(12,13)14)6-8(15)7-4-2-1-3-5-7/h1-6H/b9-6-. The quantitative estimate of drug-likeness (QED) is 0.453. The Kier molecular flexibility index (Phi) is 3.83. The summed E-state index contributed by atoms with van der Waals surface area (Å²) in [6, 6.07) is 7.94. The first-order valence-corrected chi connectivity index (χ1v) is 4.70. The van der Waals surface area contributed by atoms with E-state index in [1.807, 2.05) is 0 Å². The molecule has 0 aromatic heterocycles. The molecule has 0 unspecified atom stereocenters. The zero-order chi connectivity index (χ0) is 11.5. The van der Waals surface area contributed by atoms with Crippen LogP contribution in [-0.4, -0.2) is 11.2 Å². The van der Waals surface area contributed by atoms with Gasteiger partial charge in [0.05, 0.1) is 0 Å². The molecule has 0 atom stereocenters. The van der Waals surface area contributed by atoms with Crippen molar-refractivity contribution in [2.45, 2.75) is 5.38 Å². The number of carbonyl (C=O) groups excluding carboxylic acids is 1. The molecular formula is C10H6Cl2F2O. The zero-order valence-corrected chi connectivity index (χ0v) is 8.90. The normalized spacial score (nSPS) is 12.7. The number of benzene rings is 1. The van der Waals surface area contributed by atoms with Gasteiger partial charge in [-0.25, -0.2) is 0 Å². The summed E-state index contributed by atoms with van der Waals surface area (Å²) in [5, 5.41) is -4.69. The lowest BCUT2D eigenvalue weighted by molar-refractivity contribution is 0.103. The number of halogens is 4. The number of hydrogen-bond acceptors (Lipinski definition) is 1. The van der Waals surface area contributed by atoms with E-state index in [0.29, 0.717) is 6.08 Å². The Labute approximate surface area is 95.3 Å². The van der Waals surface area contributed by atoms with Gasteiger partial charge in [-0.2, -0.15) is 8.78 Å². The molecule has 15 heavy (non-hydrogen) atoms. The first kappa shape index (κ1) is 12.1. The first-order valence-electron chi connectivity index (χ1n) is 3.95. The second-order valence-corrected chi connectivity index (χ2v) is 3.60. The van der Waals surface area contributed by atoms with Crippen molar-refractivity contribution in [1.29, 1.82) is 0 Å². The molecule has 0 spiro atoms. The second kappa shape index (κ2) is 4.73. The Morgan fingerprint density at radius 2 is 1.80 bits per heavy atom. The lowest BCUT2D eigenvalue weighted by Crippen LogP contribution is -2.07. The third-order valence-electron chi connectivity index (χ3n) is 1.59. The van der Waals surface area contributed by atoms with Crippen molar-refractivity contribution in [2.75, 3.05) is 0 Å². The van der Waals surface area contributed by atoms with Gasteiger partial charge in [-0.15, -0.1) is 0 Å². The molecular weight excluding hydrogens is 245 g/mol. The van der Waals surface area contributed by atoms with E-state index in [-0.39, 0.29) is 5.56 Å². The number of alkyl halides is 3. The maximum Gasteiger partial charge on any atom is 0.358 e. The third kappa shape index (κ3) is 3.61. The second-order valence-electron chi connectivity index (χ2n) is 2.72. The molecule has 0 saturated heterocycles. The lowest BCUT2D eigenvalue weighted by atomic mass is 10.1. The van der Waals surface area contributed by atoms with Gasteiger partial charge in [0.15, 0.2) is 5.78 Å². The molecule has 1 rings (SSSR count). The van der Waals surface area contributed by atoms with Crippen LogP contribution in [0.3, 0.4) is 0 Å². The molecule has 1 aromatic carbocycles. The van der Waals surface area contributed by atoms with Gasteiger partial charge in [0, 0.05) is 11.6 Å². The molecule has 0 aliphatic rings. The van der Waals surface area contributed by atoms with Crippen LogP contribution in [-0.2, 0) is 0 Å². The fraction of sp³-hybridized carbons (Fsp3) is 0.100. The van der Waals surface area contributed by atoms with Crippen molar-refractivity contribution in [2.24, 2.45) is 0 Å². The number of carbonyl (C=O) groups is 1. The van der Waals surface area contributed by atoms with Crippen LogP contribution in [0.25, 0.3) is 0 Å². The highest BCUT2D eigenvalue weighted by atomic mass is 35.5. The molecule has 1 nitrogen and oxygen atoms in total. The molecule has 0 aliphatic heterocycles. The predicted octanol–water partition coefficient (Wildman–Crippen LogP) is 3.82. The van der Waals surface area contributed by atoms with Crippen LogP contribution in [0, 0.1) is 0 Å². The smallest absolute Gasteiger partial charge is 0.289 e. The van der Waals surface area contributed by atoms with Crippen LogP contribution in [0.4, 0.5) is 8.78 Å². The monoisotopic (exact) mass is 250 g/mol. The molecule has 0 aliphatic carbocycles. The highest BCUT2D eigenvalue weighted by molar-refractivity contribution is 6.39. The first-order chi connectivity index (χ1) is 6.91. The van der Waals surface area contributed by atoms with Crippen LogP contribution < -0.4 is 0 Å². The molecule has 80 valence electrons. The topological polar surface area (TPSA) is 17.1 Å². The summed E-state index contributed by atoms with van der Waals surface area (Å²) in [5.74, 6) is -0.610. The van der Waals surface area contributed by atoms with E-state index < -0.39 is 16.2 Å². The fourth-order valence-corrected chi connectivity index (χ4v) is 1.04. The van der Waals surface area contributed by atoms with E-state index in [1.54, 1.807) is 18.2 Å². The summed E-state index contributed by atoms with van der Waals surface area (Å²) >= 11 is 9.79. The summed E-state index contributed by atoms with van der Waals surface area (Å²) in [7, 11) is 0. The molecule has 0 saturated carbocycles. The third-order valence-corrected chi connectivity index (χ3v) is 2.23. The zero-order valence-electron chi connectivity index (χ0n) is 7.38. The molecule has 0 N–H and O–H groups in total. The lowest BCUT2D eigenvalue weighted by Gasteiger charge is -2.04. The van der Waals surface area contributed by atoms with E-state index in [4.69, 9.17) is 11.6 Å². The van der Waals surface area contributed by atoms with Crippen LogP contribution >= 0.6 is 23.2 Å². The van der Waals surface area contributed by atoms with Gasteiger partial charge in [-0.3, -0.25) is 4.79 Å². The summed E-state index contributed by atoms with van der Waals surface area (Å²) in [6.45, 7) is 0. The number of allylic oxidation sites excluding steroid dienone is 2. The Bertz CT molecular complexity index is 382. The number of ketones is 1. The minimum absolute atomic E-state index is 0.275. The minimum Gasteiger partial charge on any atom is -0.289 e. The maximum atomic E-state index is 12.4. The van der Waals surface area contributed by atoms with Crippen LogP contribution in [0.15, 0.2) is 41.4 Å². The van der Waals surface area contributed by atoms with Crippen molar-refractivity contribution in [3.8, 4) is 0 Å². The SMILES string of the molecule is O=C(/C=C(\Cl)C(F)(F)Cl)c1ccccc1. The van der Waals surface area contributed by atoms with Gasteiger partial charge >= 0.3 is 5.38 Å². The molecule has 5 heteroatoms. The molecule has 1 aromatic rings.